The second-order valence-corrected chi connectivity index (χ2v) is 7.11. The number of rotatable bonds is 1. The molecular weight excluding hydrogens is 305 g/mol. The smallest absolute Gasteiger partial charge is 0.178 e. The first kappa shape index (κ1) is 10.0. The van der Waals surface area contributed by atoms with Crippen LogP contribution in [-0.2, 0) is 2.69 Å². The molecule has 4 heteroatoms. The quantitative estimate of drug-likeness (QED) is 0.726. The highest BCUT2D eigenvalue weighted by Crippen LogP contribution is 2.42. The molecule has 0 atom stereocenters. The molecular formula is C8H4Br2ClN. The van der Waals surface area contributed by atoms with E-state index in [0.717, 1.165) is 5.56 Å². The molecule has 0 aromatic heterocycles. The van der Waals surface area contributed by atoms with Crippen molar-refractivity contribution in [2.45, 2.75) is 2.69 Å². The summed E-state index contributed by atoms with van der Waals surface area (Å²) in [6.45, 7) is 0. The number of alkyl halides is 3. The lowest BCUT2D eigenvalue weighted by atomic mass is 10.2. The van der Waals surface area contributed by atoms with Crippen molar-refractivity contribution in [3.63, 3.8) is 0 Å². The maximum Gasteiger partial charge on any atom is 0.178 e. The Labute approximate surface area is 92.6 Å². The lowest BCUT2D eigenvalue weighted by Gasteiger charge is -2.10. The molecule has 0 radical (unpaired) electrons. The Morgan fingerprint density at radius 2 is 1.75 bits per heavy atom. The highest BCUT2D eigenvalue weighted by Gasteiger charge is 2.20. The molecule has 1 rings (SSSR count). The maximum atomic E-state index is 8.52. The molecule has 12 heavy (non-hydrogen) atoms. The Morgan fingerprint density at radius 3 is 2.08 bits per heavy atom. The predicted octanol–water partition coefficient (Wildman–Crippen LogP) is 3.70. The molecule has 0 heterocycles. The SMILES string of the molecule is N#Cc1ccc(C(Cl)(Br)Br)cc1. The zero-order chi connectivity index (χ0) is 9.19. The predicted molar refractivity (Wildman–Crippen MR) is 56.5 cm³/mol. The number of nitrogens with zero attached hydrogens (tertiary/aromatic N) is 1. The van der Waals surface area contributed by atoms with E-state index < -0.39 is 2.69 Å². The van der Waals surface area contributed by atoms with Crippen LogP contribution in [0.25, 0.3) is 0 Å². The van der Waals surface area contributed by atoms with Crippen LogP contribution in [0.5, 0.6) is 0 Å². The van der Waals surface area contributed by atoms with Crippen molar-refractivity contribution in [2.24, 2.45) is 0 Å². The average Bonchev–Trinajstić information content (AvgIpc) is 2.03. The van der Waals surface area contributed by atoms with Gasteiger partial charge >= 0.3 is 0 Å². The van der Waals surface area contributed by atoms with Gasteiger partial charge in [0.2, 0.25) is 0 Å². The first-order valence-corrected chi connectivity index (χ1v) is 5.08. The molecule has 1 aromatic carbocycles. The van der Waals surface area contributed by atoms with Gasteiger partial charge in [-0.1, -0.05) is 23.7 Å². The van der Waals surface area contributed by atoms with Crippen LogP contribution in [0.2, 0.25) is 0 Å². The van der Waals surface area contributed by atoms with Crippen LogP contribution in [0, 0.1) is 11.3 Å². The molecule has 0 saturated heterocycles. The van der Waals surface area contributed by atoms with Gasteiger partial charge in [-0.3, -0.25) is 0 Å². The van der Waals surface area contributed by atoms with Crippen molar-refractivity contribution >= 4 is 43.5 Å². The highest BCUT2D eigenvalue weighted by molar-refractivity contribution is 9.25. The summed E-state index contributed by atoms with van der Waals surface area (Å²) < 4.78 is -0.728. The zero-order valence-electron chi connectivity index (χ0n) is 5.89. The van der Waals surface area contributed by atoms with Gasteiger partial charge in [-0.15, -0.1) is 0 Å². The monoisotopic (exact) mass is 307 g/mol. The maximum absolute atomic E-state index is 8.52. The number of halogens is 3. The summed E-state index contributed by atoms with van der Waals surface area (Å²) in [4.78, 5) is 0. The molecule has 0 N–H and O–H groups in total. The van der Waals surface area contributed by atoms with Crippen molar-refractivity contribution < 1.29 is 0 Å². The van der Waals surface area contributed by atoms with Gasteiger partial charge in [0.1, 0.15) is 0 Å². The fourth-order valence-corrected chi connectivity index (χ4v) is 1.39. The number of benzene rings is 1. The number of hydrogen-bond acceptors (Lipinski definition) is 1. The van der Waals surface area contributed by atoms with E-state index in [-0.39, 0.29) is 0 Å². The van der Waals surface area contributed by atoms with Crippen molar-refractivity contribution in [1.29, 1.82) is 5.26 Å². The molecule has 0 aliphatic rings. The fraction of sp³-hybridized carbons (Fsp3) is 0.125. The first-order chi connectivity index (χ1) is 5.54. The van der Waals surface area contributed by atoms with Gasteiger partial charge in [0.15, 0.2) is 2.69 Å². The van der Waals surface area contributed by atoms with Crippen LogP contribution in [0.15, 0.2) is 24.3 Å². The van der Waals surface area contributed by atoms with E-state index in [4.69, 9.17) is 16.9 Å². The summed E-state index contributed by atoms with van der Waals surface area (Å²) in [5.41, 5.74) is 1.49. The normalized spacial score (nSPS) is 10.8. The van der Waals surface area contributed by atoms with Crippen molar-refractivity contribution in [3.8, 4) is 6.07 Å². The van der Waals surface area contributed by atoms with E-state index in [2.05, 4.69) is 31.9 Å². The molecule has 0 amide bonds. The van der Waals surface area contributed by atoms with Gasteiger partial charge in [0.25, 0.3) is 0 Å². The second kappa shape index (κ2) is 3.78. The number of nitriles is 1. The van der Waals surface area contributed by atoms with Gasteiger partial charge in [-0.05, 0) is 49.6 Å². The fourth-order valence-electron chi connectivity index (χ4n) is 0.734. The third kappa shape index (κ3) is 2.48. The molecule has 0 fully saturated rings. The van der Waals surface area contributed by atoms with Gasteiger partial charge in [0.05, 0.1) is 11.6 Å². The summed E-state index contributed by atoms with van der Waals surface area (Å²) in [5, 5.41) is 8.52. The van der Waals surface area contributed by atoms with Crippen molar-refractivity contribution in [2.75, 3.05) is 0 Å². The van der Waals surface area contributed by atoms with E-state index in [9.17, 15) is 0 Å². The van der Waals surface area contributed by atoms with Gasteiger partial charge in [-0.2, -0.15) is 5.26 Å². The minimum atomic E-state index is -0.728. The molecule has 1 nitrogen and oxygen atoms in total. The van der Waals surface area contributed by atoms with Gasteiger partial charge < -0.3 is 0 Å². The van der Waals surface area contributed by atoms with Gasteiger partial charge in [0, 0.05) is 0 Å². The minimum absolute atomic E-state index is 0.625. The van der Waals surface area contributed by atoms with E-state index in [0.29, 0.717) is 5.56 Å². The zero-order valence-corrected chi connectivity index (χ0v) is 9.82. The lowest BCUT2D eigenvalue weighted by Crippen LogP contribution is -1.97. The van der Waals surface area contributed by atoms with E-state index in [1.165, 1.54) is 0 Å². The van der Waals surface area contributed by atoms with E-state index in [1.807, 2.05) is 6.07 Å². The Morgan fingerprint density at radius 1 is 1.25 bits per heavy atom. The molecule has 0 bridgehead atoms. The number of hydrogen-bond donors (Lipinski definition) is 0. The summed E-state index contributed by atoms with van der Waals surface area (Å²) >= 11 is 12.4. The Balaban J connectivity index is 3.02. The first-order valence-electron chi connectivity index (χ1n) is 3.11. The Hall–Kier alpha value is -0.0400. The molecule has 62 valence electrons. The summed E-state index contributed by atoms with van der Waals surface area (Å²) in [7, 11) is 0. The standard InChI is InChI=1S/C8H4Br2ClN/c9-8(10,11)7-3-1-6(5-12)2-4-7/h1-4H. The van der Waals surface area contributed by atoms with Crippen LogP contribution in [0.1, 0.15) is 11.1 Å². The lowest BCUT2D eigenvalue weighted by molar-refractivity contribution is 1.32. The summed E-state index contributed by atoms with van der Waals surface area (Å²) in [6, 6.07) is 9.04. The molecule has 0 saturated carbocycles. The van der Waals surface area contributed by atoms with Crippen LogP contribution in [0.3, 0.4) is 0 Å². The van der Waals surface area contributed by atoms with Crippen LogP contribution < -0.4 is 0 Å². The average molecular weight is 309 g/mol. The third-order valence-corrected chi connectivity index (χ3v) is 2.48. The molecule has 0 spiro atoms. The summed E-state index contributed by atoms with van der Waals surface area (Å²) in [6.07, 6.45) is 0. The topological polar surface area (TPSA) is 23.8 Å². The summed E-state index contributed by atoms with van der Waals surface area (Å²) in [5.74, 6) is 0. The van der Waals surface area contributed by atoms with Crippen LogP contribution >= 0.6 is 43.5 Å². The second-order valence-electron chi connectivity index (χ2n) is 2.19. The largest absolute Gasteiger partial charge is 0.192 e. The van der Waals surface area contributed by atoms with Crippen molar-refractivity contribution in [1.82, 2.24) is 0 Å². The molecule has 0 aliphatic carbocycles. The highest BCUT2D eigenvalue weighted by atomic mass is 79.9. The van der Waals surface area contributed by atoms with E-state index in [1.54, 1.807) is 24.3 Å². The Kier molecular flexibility index (Phi) is 3.16. The Bertz CT molecular complexity index is 307. The van der Waals surface area contributed by atoms with Crippen LogP contribution in [0.4, 0.5) is 0 Å². The van der Waals surface area contributed by atoms with E-state index >= 15 is 0 Å². The molecule has 0 unspecified atom stereocenters. The molecule has 0 aliphatic heterocycles. The third-order valence-electron chi connectivity index (χ3n) is 1.34. The van der Waals surface area contributed by atoms with Crippen LogP contribution in [-0.4, -0.2) is 0 Å². The van der Waals surface area contributed by atoms with Gasteiger partial charge in [-0.25, -0.2) is 0 Å². The minimum Gasteiger partial charge on any atom is -0.192 e. The van der Waals surface area contributed by atoms with Crippen molar-refractivity contribution in [3.05, 3.63) is 35.4 Å². The molecule has 1 aromatic rings.